The second-order valence-corrected chi connectivity index (χ2v) is 5.95. The number of benzene rings is 2. The summed E-state index contributed by atoms with van der Waals surface area (Å²) in [5.74, 6) is 0.310. The Morgan fingerprint density at radius 3 is 2.50 bits per heavy atom. The van der Waals surface area contributed by atoms with Crippen molar-refractivity contribution in [2.45, 2.75) is 13.8 Å². The number of ketones is 1. The molecule has 2 aromatic carbocycles. The van der Waals surface area contributed by atoms with Crippen LogP contribution in [0.4, 0.5) is 0 Å². The van der Waals surface area contributed by atoms with Crippen LogP contribution in [0, 0.1) is 13.8 Å². The highest BCUT2D eigenvalue weighted by atomic mass is 35.5. The first kappa shape index (κ1) is 16.3. The molecule has 0 saturated heterocycles. The maximum atomic E-state index is 12.1. The molecule has 0 fully saturated rings. The van der Waals surface area contributed by atoms with Gasteiger partial charge in [-0.05, 0) is 55.8 Å². The number of ether oxygens (including phenoxy) is 1. The second kappa shape index (κ2) is 6.49. The lowest BCUT2D eigenvalue weighted by atomic mass is 10.1. The number of fused-ring (bicyclic) bond motifs is 1. The third-order valence-electron chi connectivity index (χ3n) is 3.96. The summed E-state index contributed by atoms with van der Waals surface area (Å²) >= 11 is 5.80. The van der Waals surface area contributed by atoms with Crippen molar-refractivity contribution in [1.82, 2.24) is 0 Å². The zero-order chi connectivity index (χ0) is 17.3. The average Bonchev–Trinajstić information content (AvgIpc) is 2.58. The number of Topliss-reactive ketones (excluding diaryl/α,β-unsaturated/α-hetero) is 1. The minimum Gasteiger partial charge on any atom is -0.485 e. The molecule has 1 aromatic heterocycles. The van der Waals surface area contributed by atoms with Crippen molar-refractivity contribution in [3.05, 3.63) is 74.6 Å². The molecular weight excluding hydrogens is 328 g/mol. The van der Waals surface area contributed by atoms with Gasteiger partial charge in [0.05, 0.1) is 0 Å². The number of hydrogen-bond acceptors (Lipinski definition) is 4. The van der Waals surface area contributed by atoms with Crippen LogP contribution in [0.5, 0.6) is 5.75 Å². The molecular formula is C19H15ClO4. The Hall–Kier alpha value is -2.59. The van der Waals surface area contributed by atoms with Gasteiger partial charge in [0.15, 0.2) is 12.4 Å². The van der Waals surface area contributed by atoms with Crippen LogP contribution in [0.25, 0.3) is 11.0 Å². The van der Waals surface area contributed by atoms with E-state index in [1.165, 1.54) is 0 Å². The molecule has 1 heterocycles. The molecule has 0 radical (unpaired) electrons. The van der Waals surface area contributed by atoms with E-state index in [-0.39, 0.29) is 18.0 Å². The predicted molar refractivity (Wildman–Crippen MR) is 93.2 cm³/mol. The molecule has 0 atom stereocenters. The molecule has 0 amide bonds. The van der Waals surface area contributed by atoms with Crippen molar-refractivity contribution in [2.75, 3.05) is 6.61 Å². The van der Waals surface area contributed by atoms with Gasteiger partial charge in [-0.25, -0.2) is 4.79 Å². The summed E-state index contributed by atoms with van der Waals surface area (Å²) in [6.07, 6.45) is 0. The van der Waals surface area contributed by atoms with Crippen LogP contribution in [-0.4, -0.2) is 12.4 Å². The highest BCUT2D eigenvalue weighted by Crippen LogP contribution is 2.24. The summed E-state index contributed by atoms with van der Waals surface area (Å²) in [5.41, 5.74) is 2.08. The van der Waals surface area contributed by atoms with E-state index in [9.17, 15) is 9.59 Å². The molecule has 5 heteroatoms. The van der Waals surface area contributed by atoms with Crippen molar-refractivity contribution in [3.8, 4) is 5.75 Å². The maximum Gasteiger partial charge on any atom is 0.339 e. The van der Waals surface area contributed by atoms with Gasteiger partial charge in [-0.2, -0.15) is 0 Å². The summed E-state index contributed by atoms with van der Waals surface area (Å²) in [6, 6.07) is 11.8. The summed E-state index contributed by atoms with van der Waals surface area (Å²) in [6.45, 7) is 3.50. The van der Waals surface area contributed by atoms with Gasteiger partial charge in [0.25, 0.3) is 0 Å². The van der Waals surface area contributed by atoms with Gasteiger partial charge in [0.2, 0.25) is 0 Å². The van der Waals surface area contributed by atoms with Crippen molar-refractivity contribution in [1.29, 1.82) is 0 Å². The molecule has 0 unspecified atom stereocenters. The standard InChI is InChI=1S/C19H15ClO4/c1-11-12(2)19(22)24-18-9-15(7-8-16(11)18)23-10-17(21)13-3-5-14(20)6-4-13/h3-9H,10H2,1-2H3. The van der Waals surface area contributed by atoms with Crippen LogP contribution in [0.3, 0.4) is 0 Å². The van der Waals surface area contributed by atoms with Crippen LogP contribution in [-0.2, 0) is 0 Å². The van der Waals surface area contributed by atoms with Gasteiger partial charge >= 0.3 is 5.63 Å². The van der Waals surface area contributed by atoms with E-state index in [2.05, 4.69) is 0 Å². The molecule has 4 nitrogen and oxygen atoms in total. The van der Waals surface area contributed by atoms with E-state index < -0.39 is 0 Å². The Morgan fingerprint density at radius 2 is 1.79 bits per heavy atom. The lowest BCUT2D eigenvalue weighted by molar-refractivity contribution is 0.0921. The molecule has 122 valence electrons. The van der Waals surface area contributed by atoms with Gasteiger partial charge in [-0.3, -0.25) is 4.79 Å². The summed E-state index contributed by atoms with van der Waals surface area (Å²) < 4.78 is 10.8. The first-order chi connectivity index (χ1) is 11.5. The van der Waals surface area contributed by atoms with Gasteiger partial charge in [0.1, 0.15) is 11.3 Å². The van der Waals surface area contributed by atoms with Crippen molar-refractivity contribution in [3.63, 3.8) is 0 Å². The second-order valence-electron chi connectivity index (χ2n) is 5.52. The lowest BCUT2D eigenvalue weighted by Gasteiger charge is -2.08. The Labute approximate surface area is 143 Å². The first-order valence-electron chi connectivity index (χ1n) is 7.41. The van der Waals surface area contributed by atoms with Gasteiger partial charge in [-0.1, -0.05) is 11.6 Å². The molecule has 0 bridgehead atoms. The minimum absolute atomic E-state index is 0.109. The summed E-state index contributed by atoms with van der Waals surface area (Å²) in [4.78, 5) is 23.9. The average molecular weight is 343 g/mol. The Morgan fingerprint density at radius 1 is 1.08 bits per heavy atom. The first-order valence-corrected chi connectivity index (χ1v) is 7.79. The fourth-order valence-electron chi connectivity index (χ4n) is 2.39. The fraction of sp³-hybridized carbons (Fsp3) is 0.158. The SMILES string of the molecule is Cc1c(C)c2ccc(OCC(=O)c3ccc(Cl)cc3)cc2oc1=O. The zero-order valence-electron chi connectivity index (χ0n) is 13.3. The maximum absolute atomic E-state index is 12.1. The van der Waals surface area contributed by atoms with Crippen molar-refractivity contribution in [2.24, 2.45) is 0 Å². The molecule has 0 aliphatic rings. The Bertz CT molecular complexity index is 971. The van der Waals surface area contributed by atoms with E-state index in [0.717, 1.165) is 10.9 Å². The topological polar surface area (TPSA) is 56.5 Å². The van der Waals surface area contributed by atoms with E-state index in [0.29, 0.717) is 27.5 Å². The molecule has 0 spiro atoms. The number of hydrogen-bond donors (Lipinski definition) is 0. The summed E-state index contributed by atoms with van der Waals surface area (Å²) in [5, 5.41) is 1.42. The molecule has 0 aliphatic heterocycles. The highest BCUT2D eigenvalue weighted by molar-refractivity contribution is 6.30. The van der Waals surface area contributed by atoms with Crippen LogP contribution in [0.1, 0.15) is 21.5 Å². The minimum atomic E-state index is -0.366. The van der Waals surface area contributed by atoms with Crippen LogP contribution < -0.4 is 10.4 Å². The zero-order valence-corrected chi connectivity index (χ0v) is 14.0. The highest BCUT2D eigenvalue weighted by Gasteiger charge is 2.10. The smallest absolute Gasteiger partial charge is 0.339 e. The molecule has 24 heavy (non-hydrogen) atoms. The summed E-state index contributed by atoms with van der Waals surface area (Å²) in [7, 11) is 0. The number of carbonyl (C=O) groups is 1. The normalized spacial score (nSPS) is 10.8. The van der Waals surface area contributed by atoms with E-state index in [1.807, 2.05) is 13.0 Å². The largest absolute Gasteiger partial charge is 0.485 e. The van der Waals surface area contributed by atoms with Gasteiger partial charge in [-0.15, -0.1) is 0 Å². The molecule has 0 aliphatic carbocycles. The number of aryl methyl sites for hydroxylation is 1. The van der Waals surface area contributed by atoms with Gasteiger partial charge < -0.3 is 9.15 Å². The van der Waals surface area contributed by atoms with Crippen LogP contribution in [0.15, 0.2) is 51.7 Å². The van der Waals surface area contributed by atoms with Gasteiger partial charge in [0, 0.05) is 27.6 Å². The number of halogens is 1. The predicted octanol–water partition coefficient (Wildman–Crippen LogP) is 4.32. The lowest BCUT2D eigenvalue weighted by Crippen LogP contribution is -2.11. The molecule has 3 aromatic rings. The van der Waals surface area contributed by atoms with Crippen molar-refractivity contribution < 1.29 is 13.9 Å². The molecule has 0 N–H and O–H groups in total. The molecule has 3 rings (SSSR count). The molecule has 0 saturated carbocycles. The van der Waals surface area contributed by atoms with E-state index in [1.54, 1.807) is 43.3 Å². The van der Waals surface area contributed by atoms with Crippen LogP contribution >= 0.6 is 11.6 Å². The Balaban J connectivity index is 1.80. The van der Waals surface area contributed by atoms with Crippen molar-refractivity contribution >= 4 is 28.4 Å². The third kappa shape index (κ3) is 3.19. The quantitative estimate of drug-likeness (QED) is 0.523. The third-order valence-corrected chi connectivity index (χ3v) is 4.22. The number of carbonyl (C=O) groups excluding carboxylic acids is 1. The fourth-order valence-corrected chi connectivity index (χ4v) is 2.51. The Kier molecular flexibility index (Phi) is 4.40. The van der Waals surface area contributed by atoms with E-state index in [4.69, 9.17) is 20.8 Å². The number of rotatable bonds is 4. The van der Waals surface area contributed by atoms with E-state index >= 15 is 0 Å². The van der Waals surface area contributed by atoms with Crippen LogP contribution in [0.2, 0.25) is 5.02 Å². The monoisotopic (exact) mass is 342 g/mol.